The standard InChI is InChI=1S/C8H8FNO/c9-6-3-1-2-5-7(10)4-11-8(5)6/h1-3,7H,4,10H2/t7-/m1/s1. The molecule has 1 aliphatic heterocycles. The summed E-state index contributed by atoms with van der Waals surface area (Å²) in [4.78, 5) is 0. The van der Waals surface area contributed by atoms with Gasteiger partial charge >= 0.3 is 0 Å². The molecule has 0 unspecified atom stereocenters. The molecule has 0 radical (unpaired) electrons. The molecule has 1 heterocycles. The van der Waals surface area contributed by atoms with Gasteiger partial charge in [-0.05, 0) is 6.07 Å². The number of rotatable bonds is 0. The first kappa shape index (κ1) is 6.61. The van der Waals surface area contributed by atoms with Gasteiger partial charge in [-0.1, -0.05) is 12.1 Å². The first-order valence-corrected chi connectivity index (χ1v) is 3.46. The third-order valence-electron chi connectivity index (χ3n) is 1.80. The van der Waals surface area contributed by atoms with Gasteiger partial charge in [0.1, 0.15) is 6.61 Å². The monoisotopic (exact) mass is 153 g/mol. The fourth-order valence-corrected chi connectivity index (χ4v) is 1.23. The highest BCUT2D eigenvalue weighted by atomic mass is 19.1. The van der Waals surface area contributed by atoms with Crippen LogP contribution in [0.15, 0.2) is 18.2 Å². The number of halogens is 1. The molecule has 0 aliphatic carbocycles. The summed E-state index contributed by atoms with van der Waals surface area (Å²) in [6.07, 6.45) is 0. The summed E-state index contributed by atoms with van der Waals surface area (Å²) < 4.78 is 17.9. The van der Waals surface area contributed by atoms with Crippen LogP contribution in [-0.2, 0) is 0 Å². The first-order chi connectivity index (χ1) is 5.29. The van der Waals surface area contributed by atoms with Crippen LogP contribution in [0.2, 0.25) is 0 Å². The Bertz CT molecular complexity index is 287. The molecule has 2 rings (SSSR count). The van der Waals surface area contributed by atoms with Gasteiger partial charge in [-0.15, -0.1) is 0 Å². The highest BCUT2D eigenvalue weighted by Crippen LogP contribution is 2.32. The molecule has 0 saturated heterocycles. The van der Waals surface area contributed by atoms with E-state index in [9.17, 15) is 4.39 Å². The largest absolute Gasteiger partial charge is 0.488 e. The molecule has 1 atom stereocenters. The van der Waals surface area contributed by atoms with Gasteiger partial charge in [0.15, 0.2) is 11.6 Å². The molecule has 3 heteroatoms. The lowest BCUT2D eigenvalue weighted by atomic mass is 10.1. The van der Waals surface area contributed by atoms with Crippen LogP contribution < -0.4 is 10.5 Å². The van der Waals surface area contributed by atoms with Crippen LogP contribution in [0.5, 0.6) is 5.75 Å². The minimum absolute atomic E-state index is 0.166. The molecule has 0 fully saturated rings. The summed E-state index contributed by atoms with van der Waals surface area (Å²) in [5.74, 6) is -0.00421. The van der Waals surface area contributed by atoms with E-state index in [1.807, 2.05) is 0 Å². The van der Waals surface area contributed by atoms with Gasteiger partial charge in [0, 0.05) is 5.56 Å². The zero-order valence-corrected chi connectivity index (χ0v) is 5.88. The molecule has 1 aromatic carbocycles. The number of nitrogens with two attached hydrogens (primary N) is 1. The van der Waals surface area contributed by atoms with Crippen LogP contribution in [0.1, 0.15) is 11.6 Å². The molecule has 1 aromatic rings. The van der Waals surface area contributed by atoms with Gasteiger partial charge in [0.05, 0.1) is 6.04 Å². The Morgan fingerprint density at radius 1 is 1.55 bits per heavy atom. The smallest absolute Gasteiger partial charge is 0.165 e. The number of benzene rings is 1. The van der Waals surface area contributed by atoms with E-state index in [0.717, 1.165) is 5.56 Å². The highest BCUT2D eigenvalue weighted by Gasteiger charge is 2.22. The summed E-state index contributed by atoms with van der Waals surface area (Å²) in [6, 6.07) is 4.64. The Morgan fingerprint density at radius 2 is 2.36 bits per heavy atom. The van der Waals surface area contributed by atoms with Gasteiger partial charge < -0.3 is 10.5 Å². The van der Waals surface area contributed by atoms with Crippen molar-refractivity contribution in [2.24, 2.45) is 5.73 Å². The summed E-state index contributed by atoms with van der Waals surface area (Å²) in [5, 5.41) is 0. The topological polar surface area (TPSA) is 35.2 Å². The summed E-state index contributed by atoms with van der Waals surface area (Å²) in [6.45, 7) is 0.385. The Balaban J connectivity index is 2.57. The van der Waals surface area contributed by atoms with Crippen LogP contribution in [0.25, 0.3) is 0 Å². The van der Waals surface area contributed by atoms with Crippen molar-refractivity contribution in [3.63, 3.8) is 0 Å². The molecule has 11 heavy (non-hydrogen) atoms. The number of ether oxygens (including phenoxy) is 1. The summed E-state index contributed by atoms with van der Waals surface area (Å²) >= 11 is 0. The first-order valence-electron chi connectivity index (χ1n) is 3.46. The van der Waals surface area contributed by atoms with E-state index in [1.165, 1.54) is 6.07 Å². The molecule has 1 aliphatic rings. The van der Waals surface area contributed by atoms with Crippen molar-refractivity contribution in [3.8, 4) is 5.75 Å². The van der Waals surface area contributed by atoms with E-state index in [0.29, 0.717) is 12.4 Å². The second kappa shape index (κ2) is 2.20. The summed E-state index contributed by atoms with van der Waals surface area (Å²) in [7, 11) is 0. The van der Waals surface area contributed by atoms with Gasteiger partial charge in [-0.25, -0.2) is 4.39 Å². The fraction of sp³-hybridized carbons (Fsp3) is 0.250. The minimum atomic E-state index is -0.324. The van der Waals surface area contributed by atoms with Gasteiger partial charge in [-0.3, -0.25) is 0 Å². The van der Waals surface area contributed by atoms with Crippen LogP contribution >= 0.6 is 0 Å². The third kappa shape index (κ3) is 0.886. The normalized spacial score (nSPS) is 21.1. The number of fused-ring (bicyclic) bond motifs is 1. The van der Waals surface area contributed by atoms with Crippen molar-refractivity contribution in [1.29, 1.82) is 0 Å². The van der Waals surface area contributed by atoms with E-state index in [-0.39, 0.29) is 11.9 Å². The molecule has 0 bridgehead atoms. The molecule has 2 N–H and O–H groups in total. The molecule has 58 valence electrons. The van der Waals surface area contributed by atoms with E-state index in [1.54, 1.807) is 12.1 Å². The number of hydrogen-bond acceptors (Lipinski definition) is 2. The second-order valence-electron chi connectivity index (χ2n) is 2.58. The molecule has 0 aromatic heterocycles. The lowest BCUT2D eigenvalue weighted by Crippen LogP contribution is -2.10. The molecular formula is C8H8FNO. The molecular weight excluding hydrogens is 145 g/mol. The van der Waals surface area contributed by atoms with Gasteiger partial charge in [0.25, 0.3) is 0 Å². The van der Waals surface area contributed by atoms with Crippen LogP contribution in [0.4, 0.5) is 4.39 Å². The zero-order valence-electron chi connectivity index (χ0n) is 5.88. The van der Waals surface area contributed by atoms with E-state index in [2.05, 4.69) is 0 Å². The average Bonchev–Trinajstić information content (AvgIpc) is 2.35. The van der Waals surface area contributed by atoms with E-state index >= 15 is 0 Å². The molecule has 0 spiro atoms. The SMILES string of the molecule is N[C@@H]1COc2c(F)cccc21. The Morgan fingerprint density at radius 3 is 3.09 bits per heavy atom. The summed E-state index contributed by atoms with van der Waals surface area (Å²) in [5.41, 5.74) is 6.39. The van der Waals surface area contributed by atoms with Crippen molar-refractivity contribution < 1.29 is 9.13 Å². The molecule has 0 amide bonds. The van der Waals surface area contributed by atoms with Crippen LogP contribution in [0.3, 0.4) is 0 Å². The van der Waals surface area contributed by atoms with Gasteiger partial charge in [0.2, 0.25) is 0 Å². The quantitative estimate of drug-likeness (QED) is 0.608. The lowest BCUT2D eigenvalue weighted by Gasteiger charge is -1.99. The van der Waals surface area contributed by atoms with Crippen LogP contribution in [0, 0.1) is 5.82 Å². The molecule has 2 nitrogen and oxygen atoms in total. The van der Waals surface area contributed by atoms with Gasteiger partial charge in [-0.2, -0.15) is 0 Å². The Hall–Kier alpha value is -1.09. The predicted molar refractivity (Wildman–Crippen MR) is 38.8 cm³/mol. The third-order valence-corrected chi connectivity index (χ3v) is 1.80. The van der Waals surface area contributed by atoms with Crippen molar-refractivity contribution in [2.45, 2.75) is 6.04 Å². The second-order valence-corrected chi connectivity index (χ2v) is 2.58. The maximum Gasteiger partial charge on any atom is 0.165 e. The molecule has 0 saturated carbocycles. The lowest BCUT2D eigenvalue weighted by molar-refractivity contribution is 0.319. The number of hydrogen-bond donors (Lipinski definition) is 1. The number of para-hydroxylation sites is 1. The van der Waals surface area contributed by atoms with Crippen molar-refractivity contribution in [2.75, 3.05) is 6.61 Å². The van der Waals surface area contributed by atoms with E-state index < -0.39 is 0 Å². The average molecular weight is 153 g/mol. The Labute approximate surface area is 63.8 Å². The zero-order chi connectivity index (χ0) is 7.84. The highest BCUT2D eigenvalue weighted by molar-refractivity contribution is 5.40. The van der Waals surface area contributed by atoms with Crippen LogP contribution in [-0.4, -0.2) is 6.61 Å². The predicted octanol–water partition coefficient (Wildman–Crippen LogP) is 1.22. The van der Waals surface area contributed by atoms with Crippen molar-refractivity contribution in [1.82, 2.24) is 0 Å². The maximum absolute atomic E-state index is 12.9. The van der Waals surface area contributed by atoms with E-state index in [4.69, 9.17) is 10.5 Å². The van der Waals surface area contributed by atoms with Crippen molar-refractivity contribution >= 4 is 0 Å². The van der Waals surface area contributed by atoms with Crippen molar-refractivity contribution in [3.05, 3.63) is 29.6 Å². The fourth-order valence-electron chi connectivity index (χ4n) is 1.23. The Kier molecular flexibility index (Phi) is 1.32. The maximum atomic E-state index is 12.9. The minimum Gasteiger partial charge on any atom is -0.488 e.